The maximum atomic E-state index is 12.8. The quantitative estimate of drug-likeness (QED) is 0.749. The van der Waals surface area contributed by atoms with E-state index in [4.69, 9.17) is 11.5 Å². The molecular weight excluding hydrogens is 266 g/mol. The van der Waals surface area contributed by atoms with Crippen molar-refractivity contribution in [3.8, 4) is 0 Å². The summed E-state index contributed by atoms with van der Waals surface area (Å²) in [7, 11) is 0. The number of nitrogen functional groups attached to an aromatic ring is 1. The summed E-state index contributed by atoms with van der Waals surface area (Å²) in [6, 6.07) is 7.23. The van der Waals surface area contributed by atoms with Gasteiger partial charge in [0.1, 0.15) is 0 Å². The monoisotopic (exact) mass is 291 g/mol. The summed E-state index contributed by atoms with van der Waals surface area (Å²) in [5.74, 6) is -0.591. The molecule has 21 heavy (non-hydrogen) atoms. The van der Waals surface area contributed by atoms with E-state index in [-0.39, 0.29) is 12.5 Å². The molecule has 0 atom stereocenters. The Morgan fingerprint density at radius 2 is 1.76 bits per heavy atom. The molecule has 0 saturated heterocycles. The summed E-state index contributed by atoms with van der Waals surface area (Å²) in [5, 5.41) is 0. The topological polar surface area (TPSA) is 89.4 Å². The zero-order valence-corrected chi connectivity index (χ0v) is 13.1. The lowest BCUT2D eigenvalue weighted by Gasteiger charge is -2.31. The van der Waals surface area contributed by atoms with E-state index in [2.05, 4.69) is 0 Å². The van der Waals surface area contributed by atoms with Crippen LogP contribution < -0.4 is 11.5 Å². The first-order chi connectivity index (χ1) is 9.78. The van der Waals surface area contributed by atoms with Crippen LogP contribution in [0.1, 0.15) is 39.2 Å². The fourth-order valence-electron chi connectivity index (χ4n) is 2.21. The van der Waals surface area contributed by atoms with Gasteiger partial charge in [0.25, 0.3) is 0 Å². The summed E-state index contributed by atoms with van der Waals surface area (Å²) >= 11 is 0. The Morgan fingerprint density at radius 1 is 1.19 bits per heavy atom. The van der Waals surface area contributed by atoms with E-state index in [0.29, 0.717) is 12.2 Å². The molecule has 2 amide bonds. The van der Waals surface area contributed by atoms with Gasteiger partial charge in [-0.1, -0.05) is 25.5 Å². The molecule has 0 aliphatic carbocycles. The first kappa shape index (κ1) is 17.0. The second-order valence-corrected chi connectivity index (χ2v) is 5.79. The van der Waals surface area contributed by atoms with Gasteiger partial charge in [-0.3, -0.25) is 9.59 Å². The number of primary amides is 1. The second-order valence-electron chi connectivity index (χ2n) is 5.79. The van der Waals surface area contributed by atoms with E-state index < -0.39 is 11.3 Å². The van der Waals surface area contributed by atoms with Gasteiger partial charge in [-0.15, -0.1) is 0 Å². The van der Waals surface area contributed by atoms with Crippen molar-refractivity contribution < 1.29 is 9.59 Å². The highest BCUT2D eigenvalue weighted by molar-refractivity contribution is 5.90. The maximum Gasteiger partial charge on any atom is 0.237 e. The Labute approximate surface area is 126 Å². The fourth-order valence-corrected chi connectivity index (χ4v) is 2.21. The predicted molar refractivity (Wildman–Crippen MR) is 84.6 cm³/mol. The Balaban J connectivity index is 2.98. The van der Waals surface area contributed by atoms with E-state index in [1.165, 1.54) is 0 Å². The summed E-state index contributed by atoms with van der Waals surface area (Å²) in [6.07, 6.45) is 1.79. The van der Waals surface area contributed by atoms with Gasteiger partial charge in [-0.05, 0) is 38.0 Å². The average molecular weight is 291 g/mol. The molecule has 0 heterocycles. The summed E-state index contributed by atoms with van der Waals surface area (Å²) < 4.78 is 0. The van der Waals surface area contributed by atoms with Gasteiger partial charge in [0.15, 0.2) is 0 Å². The van der Waals surface area contributed by atoms with Crippen molar-refractivity contribution >= 4 is 17.5 Å². The zero-order chi connectivity index (χ0) is 16.0. The molecule has 1 rings (SSSR count). The van der Waals surface area contributed by atoms with Gasteiger partial charge in [0.2, 0.25) is 11.8 Å². The third-order valence-corrected chi connectivity index (χ3v) is 3.58. The number of nitrogens with zero attached hydrogens (tertiary/aromatic N) is 1. The van der Waals surface area contributed by atoms with Crippen molar-refractivity contribution in [3.05, 3.63) is 29.8 Å². The molecule has 0 unspecified atom stereocenters. The highest BCUT2D eigenvalue weighted by Crippen LogP contribution is 2.26. The zero-order valence-electron chi connectivity index (χ0n) is 13.1. The number of anilines is 1. The molecule has 0 bridgehead atoms. The number of amides is 2. The number of hydrogen-bond donors (Lipinski definition) is 2. The Kier molecular flexibility index (Phi) is 5.76. The molecular formula is C16H25N3O2. The molecule has 4 N–H and O–H groups in total. The first-order valence-electron chi connectivity index (χ1n) is 7.22. The molecule has 0 aliphatic heterocycles. The largest absolute Gasteiger partial charge is 0.399 e. The van der Waals surface area contributed by atoms with Gasteiger partial charge in [0.05, 0.1) is 12.0 Å². The second kappa shape index (κ2) is 7.11. The van der Waals surface area contributed by atoms with Crippen molar-refractivity contribution in [2.75, 3.05) is 18.8 Å². The highest BCUT2D eigenvalue weighted by atomic mass is 16.2. The van der Waals surface area contributed by atoms with Crippen LogP contribution in [0.15, 0.2) is 24.3 Å². The van der Waals surface area contributed by atoms with Crippen LogP contribution in [-0.4, -0.2) is 29.8 Å². The highest BCUT2D eigenvalue weighted by Gasteiger charge is 2.34. The number of benzene rings is 1. The molecule has 0 fully saturated rings. The summed E-state index contributed by atoms with van der Waals surface area (Å²) in [6.45, 7) is 6.23. The van der Waals surface area contributed by atoms with E-state index >= 15 is 0 Å². The molecule has 5 nitrogen and oxygen atoms in total. The lowest BCUT2D eigenvalue weighted by Crippen LogP contribution is -2.47. The number of carbonyl (C=O) groups excluding carboxylic acids is 2. The maximum absolute atomic E-state index is 12.8. The molecule has 0 radical (unpaired) electrons. The van der Waals surface area contributed by atoms with Gasteiger partial charge < -0.3 is 16.4 Å². The molecule has 0 aromatic heterocycles. The van der Waals surface area contributed by atoms with E-state index in [1.807, 2.05) is 32.9 Å². The van der Waals surface area contributed by atoms with Gasteiger partial charge in [-0.2, -0.15) is 0 Å². The van der Waals surface area contributed by atoms with Crippen LogP contribution in [0, 0.1) is 0 Å². The third-order valence-electron chi connectivity index (χ3n) is 3.58. The van der Waals surface area contributed by atoms with Crippen LogP contribution >= 0.6 is 0 Å². The SMILES string of the molecule is CCCCN(CC(N)=O)C(=O)C(C)(C)c1ccc(N)cc1. The third kappa shape index (κ3) is 4.48. The number of unbranched alkanes of at least 4 members (excludes halogenated alkanes) is 1. The van der Waals surface area contributed by atoms with Crippen LogP contribution in [0.2, 0.25) is 0 Å². The summed E-state index contributed by atoms with van der Waals surface area (Å²) in [4.78, 5) is 25.5. The van der Waals surface area contributed by atoms with Crippen LogP contribution in [-0.2, 0) is 15.0 Å². The van der Waals surface area contributed by atoms with E-state index in [9.17, 15) is 9.59 Å². The van der Waals surface area contributed by atoms with E-state index in [0.717, 1.165) is 18.4 Å². The molecule has 0 spiro atoms. The van der Waals surface area contributed by atoms with Gasteiger partial charge in [-0.25, -0.2) is 0 Å². The Morgan fingerprint density at radius 3 is 2.24 bits per heavy atom. The number of carbonyl (C=O) groups is 2. The van der Waals surface area contributed by atoms with Crippen LogP contribution in [0.3, 0.4) is 0 Å². The standard InChI is InChI=1S/C16H25N3O2/c1-4-5-10-19(11-14(18)20)15(21)16(2,3)12-6-8-13(17)9-7-12/h6-9H,4-5,10-11,17H2,1-3H3,(H2,18,20). The minimum atomic E-state index is -0.725. The Bertz CT molecular complexity index is 495. The molecule has 5 heteroatoms. The van der Waals surface area contributed by atoms with Crippen LogP contribution in [0.4, 0.5) is 5.69 Å². The van der Waals surface area contributed by atoms with Gasteiger partial charge >= 0.3 is 0 Å². The van der Waals surface area contributed by atoms with Crippen LogP contribution in [0.25, 0.3) is 0 Å². The normalized spacial score (nSPS) is 11.2. The number of rotatable bonds is 7. The van der Waals surface area contributed by atoms with Crippen molar-refractivity contribution in [2.45, 2.75) is 39.0 Å². The molecule has 116 valence electrons. The fraction of sp³-hybridized carbons (Fsp3) is 0.500. The Hall–Kier alpha value is -2.04. The molecule has 0 aliphatic rings. The lowest BCUT2D eigenvalue weighted by atomic mass is 9.83. The number of nitrogens with two attached hydrogens (primary N) is 2. The van der Waals surface area contributed by atoms with Crippen LogP contribution in [0.5, 0.6) is 0 Å². The van der Waals surface area contributed by atoms with Crippen molar-refractivity contribution in [1.82, 2.24) is 4.90 Å². The van der Waals surface area contributed by atoms with Crippen molar-refractivity contribution in [2.24, 2.45) is 5.73 Å². The number of hydrogen-bond acceptors (Lipinski definition) is 3. The smallest absolute Gasteiger partial charge is 0.237 e. The first-order valence-corrected chi connectivity index (χ1v) is 7.22. The summed E-state index contributed by atoms with van der Waals surface area (Å²) in [5.41, 5.74) is 11.7. The minimum absolute atomic E-state index is 0.0444. The van der Waals surface area contributed by atoms with Crippen molar-refractivity contribution in [1.29, 1.82) is 0 Å². The average Bonchev–Trinajstić information content (AvgIpc) is 2.42. The molecule has 1 aromatic carbocycles. The minimum Gasteiger partial charge on any atom is -0.399 e. The molecule has 1 aromatic rings. The van der Waals surface area contributed by atoms with E-state index in [1.54, 1.807) is 17.0 Å². The van der Waals surface area contributed by atoms with Gasteiger partial charge in [0, 0.05) is 12.2 Å². The molecule has 0 saturated carbocycles. The van der Waals surface area contributed by atoms with Crippen molar-refractivity contribution in [3.63, 3.8) is 0 Å². The predicted octanol–water partition coefficient (Wildman–Crippen LogP) is 1.66. The lowest BCUT2D eigenvalue weighted by molar-refractivity contribution is -0.139.